The maximum Gasteiger partial charge on any atom is 0.0417 e. The molecule has 7 rings (SSSR count). The average Bonchev–Trinajstić information content (AvgIpc) is 3.41. The SMILES string of the molecule is CC(C)Cc1cccc(-c2[c-]cccc2)n1.[Ir].[c-]1ccc(-c2cccc3c2sc2ccccc23)cc1-c1ccccn1. The zero-order valence-corrected chi connectivity index (χ0v) is 26.8. The van der Waals surface area contributed by atoms with Gasteiger partial charge in [-0.2, -0.15) is 0 Å². The summed E-state index contributed by atoms with van der Waals surface area (Å²) < 4.78 is 2.67. The van der Waals surface area contributed by atoms with Crippen LogP contribution in [0.1, 0.15) is 19.5 Å². The molecule has 0 aliphatic heterocycles. The molecular weight excluding hydrogens is 709 g/mol. The van der Waals surface area contributed by atoms with Crippen LogP contribution in [0.15, 0.2) is 128 Å². The molecule has 3 heterocycles. The number of rotatable bonds is 5. The summed E-state index contributed by atoms with van der Waals surface area (Å²) in [5.74, 6) is 0.641. The molecule has 0 unspecified atom stereocenters. The van der Waals surface area contributed by atoms with E-state index >= 15 is 0 Å². The van der Waals surface area contributed by atoms with Gasteiger partial charge < -0.3 is 9.97 Å². The van der Waals surface area contributed by atoms with Crippen molar-refractivity contribution in [1.29, 1.82) is 0 Å². The minimum Gasteiger partial charge on any atom is -0.305 e. The number of aromatic nitrogens is 2. The van der Waals surface area contributed by atoms with Gasteiger partial charge >= 0.3 is 0 Å². The first-order chi connectivity index (χ1) is 20.2. The smallest absolute Gasteiger partial charge is 0.0417 e. The molecule has 0 saturated heterocycles. The Kier molecular flexibility index (Phi) is 9.71. The Labute approximate surface area is 265 Å². The van der Waals surface area contributed by atoms with Crippen molar-refractivity contribution in [2.75, 3.05) is 0 Å². The molecule has 7 aromatic rings. The second-order valence-corrected chi connectivity index (χ2v) is 11.4. The third-order valence-corrected chi connectivity index (χ3v) is 8.09. The predicted octanol–water partition coefficient (Wildman–Crippen LogP) is 10.3. The molecule has 0 saturated carbocycles. The number of thiophene rings is 1. The van der Waals surface area contributed by atoms with Gasteiger partial charge in [-0.25, -0.2) is 0 Å². The first-order valence-corrected chi connectivity index (χ1v) is 14.7. The first kappa shape index (κ1) is 29.5. The molecule has 4 aromatic carbocycles. The second kappa shape index (κ2) is 13.8. The summed E-state index contributed by atoms with van der Waals surface area (Å²) in [6, 6.07) is 48.1. The number of nitrogens with zero attached hydrogens (tertiary/aromatic N) is 2. The average molecular weight is 739 g/mol. The Balaban J connectivity index is 0.000000181. The van der Waals surface area contributed by atoms with E-state index in [2.05, 4.69) is 103 Å². The zero-order valence-electron chi connectivity index (χ0n) is 23.5. The molecule has 0 aliphatic carbocycles. The summed E-state index contributed by atoms with van der Waals surface area (Å²) in [7, 11) is 0. The van der Waals surface area contributed by atoms with Gasteiger partial charge in [0.05, 0.1) is 0 Å². The molecule has 2 nitrogen and oxygen atoms in total. The monoisotopic (exact) mass is 739 g/mol. The number of pyridine rings is 2. The molecule has 4 heteroatoms. The van der Waals surface area contributed by atoms with Crippen molar-refractivity contribution < 1.29 is 20.1 Å². The number of fused-ring (bicyclic) bond motifs is 3. The summed E-state index contributed by atoms with van der Waals surface area (Å²) in [6.45, 7) is 4.42. The molecule has 3 aromatic heterocycles. The van der Waals surface area contributed by atoms with Crippen LogP contribution in [0.3, 0.4) is 0 Å². The van der Waals surface area contributed by atoms with Crippen LogP contribution in [0.25, 0.3) is 53.8 Å². The van der Waals surface area contributed by atoms with Crippen LogP contribution in [0.5, 0.6) is 0 Å². The number of hydrogen-bond donors (Lipinski definition) is 0. The van der Waals surface area contributed by atoms with Gasteiger partial charge in [0.15, 0.2) is 0 Å². The summed E-state index contributed by atoms with van der Waals surface area (Å²) in [4.78, 5) is 9.10. The Morgan fingerprint density at radius 2 is 1.45 bits per heavy atom. The Hall–Kier alpha value is -3.95. The van der Waals surface area contributed by atoms with Crippen LogP contribution in [-0.4, -0.2) is 9.97 Å². The maximum atomic E-state index is 4.65. The van der Waals surface area contributed by atoms with Crippen molar-refractivity contribution in [2.45, 2.75) is 20.3 Å². The third kappa shape index (κ3) is 6.74. The Morgan fingerprint density at radius 3 is 2.26 bits per heavy atom. The van der Waals surface area contributed by atoms with Crippen molar-refractivity contribution >= 4 is 31.5 Å². The number of hydrogen-bond acceptors (Lipinski definition) is 3. The van der Waals surface area contributed by atoms with Crippen molar-refractivity contribution in [2.24, 2.45) is 5.92 Å². The van der Waals surface area contributed by atoms with Crippen molar-refractivity contribution in [3.05, 3.63) is 145 Å². The van der Waals surface area contributed by atoms with Crippen LogP contribution in [0.4, 0.5) is 0 Å². The van der Waals surface area contributed by atoms with Gasteiger partial charge in [0.25, 0.3) is 0 Å². The normalized spacial score (nSPS) is 10.7. The molecule has 0 fully saturated rings. The Morgan fingerprint density at radius 1 is 0.690 bits per heavy atom. The molecule has 0 bridgehead atoms. The van der Waals surface area contributed by atoms with E-state index in [0.29, 0.717) is 5.92 Å². The van der Waals surface area contributed by atoms with E-state index in [1.54, 1.807) is 0 Å². The maximum absolute atomic E-state index is 4.65. The number of benzene rings is 4. The van der Waals surface area contributed by atoms with Gasteiger partial charge in [-0.3, -0.25) is 0 Å². The zero-order chi connectivity index (χ0) is 28.0. The van der Waals surface area contributed by atoms with E-state index in [0.717, 1.165) is 34.6 Å². The van der Waals surface area contributed by atoms with Gasteiger partial charge in [0.1, 0.15) is 0 Å². The van der Waals surface area contributed by atoms with E-state index in [1.165, 1.54) is 31.3 Å². The van der Waals surface area contributed by atoms with E-state index in [9.17, 15) is 0 Å². The second-order valence-electron chi connectivity index (χ2n) is 10.4. The molecule has 0 amide bonds. The van der Waals surface area contributed by atoms with Gasteiger partial charge in [-0.15, -0.1) is 77.1 Å². The molecule has 0 aliphatic rings. The summed E-state index contributed by atoms with van der Waals surface area (Å²) in [6.07, 6.45) is 2.85. The van der Waals surface area contributed by atoms with Crippen molar-refractivity contribution in [1.82, 2.24) is 9.97 Å². The van der Waals surface area contributed by atoms with Crippen LogP contribution >= 0.6 is 11.3 Å². The van der Waals surface area contributed by atoms with Crippen LogP contribution in [0, 0.1) is 18.1 Å². The van der Waals surface area contributed by atoms with Crippen LogP contribution in [0.2, 0.25) is 0 Å². The minimum atomic E-state index is 0. The molecule has 0 spiro atoms. The van der Waals surface area contributed by atoms with E-state index in [1.807, 2.05) is 72.1 Å². The predicted molar refractivity (Wildman–Crippen MR) is 174 cm³/mol. The van der Waals surface area contributed by atoms with E-state index in [-0.39, 0.29) is 20.1 Å². The third-order valence-electron chi connectivity index (χ3n) is 6.87. The van der Waals surface area contributed by atoms with E-state index in [4.69, 9.17) is 0 Å². The largest absolute Gasteiger partial charge is 0.305 e. The molecule has 42 heavy (non-hydrogen) atoms. The summed E-state index contributed by atoms with van der Waals surface area (Å²) in [5.41, 5.74) is 7.68. The fourth-order valence-electron chi connectivity index (χ4n) is 4.99. The van der Waals surface area contributed by atoms with Gasteiger partial charge in [0.2, 0.25) is 0 Å². The minimum absolute atomic E-state index is 0. The van der Waals surface area contributed by atoms with Crippen molar-refractivity contribution in [3.63, 3.8) is 0 Å². The standard InChI is InChI=1S/C23H14NS.C15H16N.Ir/c1-2-13-22-19(9-1)20-11-6-10-18(23(20)25-22)16-7-5-8-17(15-16)21-12-3-4-14-24-21;1-12(2)11-14-9-6-10-15(16-14)13-7-4-3-5-8-13;/h1-7,9-15H;3-7,9-10,12H,11H2,1-2H3;/q2*-1;. The topological polar surface area (TPSA) is 25.8 Å². The summed E-state index contributed by atoms with van der Waals surface area (Å²) in [5, 5.41) is 2.65. The fraction of sp³-hybridized carbons (Fsp3) is 0.105. The quantitative estimate of drug-likeness (QED) is 0.164. The molecule has 209 valence electrons. The van der Waals surface area contributed by atoms with Crippen molar-refractivity contribution in [3.8, 4) is 33.6 Å². The van der Waals surface area contributed by atoms with Crippen LogP contribution < -0.4 is 0 Å². The Bertz CT molecular complexity index is 1900. The summed E-state index contributed by atoms with van der Waals surface area (Å²) >= 11 is 1.86. The van der Waals surface area contributed by atoms with Gasteiger partial charge in [-0.1, -0.05) is 80.1 Å². The fourth-order valence-corrected chi connectivity index (χ4v) is 6.23. The van der Waals surface area contributed by atoms with Crippen LogP contribution in [-0.2, 0) is 26.5 Å². The molecular formula is C38H30IrN2S-2. The van der Waals surface area contributed by atoms with Gasteiger partial charge in [-0.05, 0) is 47.5 Å². The van der Waals surface area contributed by atoms with Gasteiger partial charge in [0, 0.05) is 52.2 Å². The molecule has 0 N–H and O–H groups in total. The molecule has 0 atom stereocenters. The molecule has 1 radical (unpaired) electrons. The first-order valence-electron chi connectivity index (χ1n) is 13.9. The van der Waals surface area contributed by atoms with E-state index < -0.39 is 0 Å².